The number of furan rings is 1. The number of unbranched alkanes of at least 4 members (excludes halogenated alkanes) is 2. The molecule has 1 saturated heterocycles. The molecule has 1 aliphatic rings. The zero-order chi connectivity index (χ0) is 16.5. The first-order valence-electron chi connectivity index (χ1n) is 8.52. The molecule has 0 radical (unpaired) electrons. The molecule has 0 spiro atoms. The van der Waals surface area contributed by atoms with Crippen molar-refractivity contribution in [3.63, 3.8) is 0 Å². The van der Waals surface area contributed by atoms with E-state index < -0.39 is 0 Å². The van der Waals surface area contributed by atoms with Gasteiger partial charge in [-0.3, -0.25) is 14.5 Å². The normalized spacial score (nSPS) is 15.6. The number of rotatable bonds is 8. The Morgan fingerprint density at radius 1 is 1.22 bits per heavy atom. The molecule has 23 heavy (non-hydrogen) atoms. The van der Waals surface area contributed by atoms with Gasteiger partial charge in [0.25, 0.3) is 5.91 Å². The molecule has 1 N–H and O–H groups in total. The molecule has 2 rings (SSSR count). The third kappa shape index (κ3) is 5.71. The maximum absolute atomic E-state index is 12.2. The lowest BCUT2D eigenvalue weighted by molar-refractivity contribution is -0.121. The summed E-state index contributed by atoms with van der Waals surface area (Å²) in [6, 6.07) is 3.42. The summed E-state index contributed by atoms with van der Waals surface area (Å²) in [4.78, 5) is 28.0. The van der Waals surface area contributed by atoms with E-state index in [1.165, 1.54) is 6.26 Å². The summed E-state index contributed by atoms with van der Waals surface area (Å²) in [7, 11) is 0. The molecular weight excluding hydrogens is 294 g/mol. The lowest BCUT2D eigenvalue weighted by Gasteiger charge is -2.34. The van der Waals surface area contributed by atoms with Crippen LogP contribution in [0.25, 0.3) is 0 Å². The Hall–Kier alpha value is -1.82. The quantitative estimate of drug-likeness (QED) is 0.741. The van der Waals surface area contributed by atoms with Gasteiger partial charge in [0.05, 0.1) is 6.26 Å². The van der Waals surface area contributed by atoms with Gasteiger partial charge in [-0.2, -0.15) is 0 Å². The highest BCUT2D eigenvalue weighted by atomic mass is 16.3. The van der Waals surface area contributed by atoms with Crippen LogP contribution >= 0.6 is 0 Å². The molecule has 2 heterocycles. The third-order valence-electron chi connectivity index (χ3n) is 4.15. The first kappa shape index (κ1) is 17.5. The van der Waals surface area contributed by atoms with Crippen molar-refractivity contribution in [2.45, 2.75) is 32.6 Å². The molecule has 0 unspecified atom stereocenters. The second-order valence-corrected chi connectivity index (χ2v) is 5.92. The van der Waals surface area contributed by atoms with Crippen LogP contribution in [0.4, 0.5) is 0 Å². The number of piperazine rings is 1. The summed E-state index contributed by atoms with van der Waals surface area (Å²) in [5.74, 6) is 0.461. The van der Waals surface area contributed by atoms with Crippen molar-refractivity contribution in [3.8, 4) is 0 Å². The molecule has 1 aromatic rings. The number of carbonyl (C=O) groups excluding carboxylic acids is 2. The Morgan fingerprint density at radius 2 is 2.00 bits per heavy atom. The maximum atomic E-state index is 12.2. The molecule has 2 amide bonds. The zero-order valence-electron chi connectivity index (χ0n) is 13.9. The number of amides is 2. The lowest BCUT2D eigenvalue weighted by atomic mass is 10.2. The Bertz CT molecular complexity index is 479. The van der Waals surface area contributed by atoms with Crippen molar-refractivity contribution in [3.05, 3.63) is 24.2 Å². The fourth-order valence-electron chi connectivity index (χ4n) is 2.68. The van der Waals surface area contributed by atoms with Gasteiger partial charge in [0.2, 0.25) is 5.91 Å². The average Bonchev–Trinajstić information content (AvgIpc) is 3.11. The van der Waals surface area contributed by atoms with Gasteiger partial charge in [-0.05, 0) is 18.6 Å². The smallest absolute Gasteiger partial charge is 0.289 e. The Kier molecular flexibility index (Phi) is 7.13. The zero-order valence-corrected chi connectivity index (χ0v) is 13.9. The minimum atomic E-state index is -0.0525. The van der Waals surface area contributed by atoms with E-state index >= 15 is 0 Å². The lowest BCUT2D eigenvalue weighted by Crippen LogP contribution is -2.49. The maximum Gasteiger partial charge on any atom is 0.289 e. The van der Waals surface area contributed by atoms with Crippen molar-refractivity contribution in [2.24, 2.45) is 0 Å². The average molecular weight is 321 g/mol. The second-order valence-electron chi connectivity index (χ2n) is 5.92. The van der Waals surface area contributed by atoms with E-state index in [-0.39, 0.29) is 11.8 Å². The largest absolute Gasteiger partial charge is 0.459 e. The van der Waals surface area contributed by atoms with Crippen LogP contribution in [0, 0.1) is 0 Å². The number of carbonyl (C=O) groups is 2. The number of nitrogens with zero attached hydrogens (tertiary/aromatic N) is 2. The molecule has 128 valence electrons. The van der Waals surface area contributed by atoms with Crippen molar-refractivity contribution >= 4 is 11.8 Å². The van der Waals surface area contributed by atoms with E-state index in [1.54, 1.807) is 17.0 Å². The summed E-state index contributed by atoms with van der Waals surface area (Å²) >= 11 is 0. The van der Waals surface area contributed by atoms with Gasteiger partial charge in [-0.15, -0.1) is 0 Å². The number of nitrogens with one attached hydrogen (secondary N) is 1. The van der Waals surface area contributed by atoms with E-state index in [1.807, 2.05) is 0 Å². The molecule has 6 heteroatoms. The highest BCUT2D eigenvalue weighted by Gasteiger charge is 2.23. The summed E-state index contributed by atoms with van der Waals surface area (Å²) in [5, 5.41) is 2.96. The van der Waals surface area contributed by atoms with Gasteiger partial charge in [0, 0.05) is 45.7 Å². The van der Waals surface area contributed by atoms with Crippen LogP contribution < -0.4 is 5.32 Å². The summed E-state index contributed by atoms with van der Waals surface area (Å²) in [5.41, 5.74) is 0. The van der Waals surface area contributed by atoms with Crippen molar-refractivity contribution in [1.82, 2.24) is 15.1 Å². The predicted octanol–water partition coefficient (Wildman–Crippen LogP) is 1.73. The van der Waals surface area contributed by atoms with Crippen LogP contribution in [-0.2, 0) is 4.79 Å². The highest BCUT2D eigenvalue weighted by molar-refractivity contribution is 5.91. The minimum Gasteiger partial charge on any atom is -0.459 e. The Morgan fingerprint density at radius 3 is 2.65 bits per heavy atom. The molecule has 1 fully saturated rings. The topological polar surface area (TPSA) is 65.8 Å². The summed E-state index contributed by atoms with van der Waals surface area (Å²) in [6.07, 6.45) is 5.42. The van der Waals surface area contributed by atoms with Crippen LogP contribution in [0.15, 0.2) is 22.8 Å². The summed E-state index contributed by atoms with van der Waals surface area (Å²) < 4.78 is 5.15. The van der Waals surface area contributed by atoms with Gasteiger partial charge in [-0.1, -0.05) is 19.8 Å². The van der Waals surface area contributed by atoms with Crippen LogP contribution in [0.3, 0.4) is 0 Å². The van der Waals surface area contributed by atoms with E-state index in [4.69, 9.17) is 4.42 Å². The molecule has 1 aromatic heterocycles. The molecule has 0 saturated carbocycles. The Labute approximate surface area is 137 Å². The van der Waals surface area contributed by atoms with Crippen LogP contribution in [0.1, 0.15) is 43.2 Å². The standard InChI is InChI=1S/C17H27N3O3/c1-2-3-4-8-18-16(21)7-9-19-10-12-20(13-11-19)17(22)15-6-5-14-23-15/h5-6,14H,2-4,7-13H2,1H3,(H,18,21). The number of hydrogen-bond donors (Lipinski definition) is 1. The third-order valence-corrected chi connectivity index (χ3v) is 4.15. The van der Waals surface area contributed by atoms with E-state index in [9.17, 15) is 9.59 Å². The van der Waals surface area contributed by atoms with Crippen LogP contribution in [0.2, 0.25) is 0 Å². The monoisotopic (exact) mass is 321 g/mol. The van der Waals surface area contributed by atoms with Crippen LogP contribution in [0.5, 0.6) is 0 Å². The molecule has 0 aliphatic carbocycles. The molecule has 6 nitrogen and oxygen atoms in total. The van der Waals surface area contributed by atoms with Crippen molar-refractivity contribution in [2.75, 3.05) is 39.3 Å². The predicted molar refractivity (Wildman–Crippen MR) is 88.2 cm³/mol. The molecular formula is C17H27N3O3. The van der Waals surface area contributed by atoms with Gasteiger partial charge in [0.15, 0.2) is 5.76 Å². The summed E-state index contributed by atoms with van der Waals surface area (Å²) in [6.45, 7) is 6.64. The van der Waals surface area contributed by atoms with Gasteiger partial charge >= 0.3 is 0 Å². The van der Waals surface area contributed by atoms with E-state index in [2.05, 4.69) is 17.1 Å². The Balaban J connectivity index is 1.61. The van der Waals surface area contributed by atoms with Crippen LogP contribution in [-0.4, -0.2) is 60.9 Å². The second kappa shape index (κ2) is 9.35. The van der Waals surface area contributed by atoms with E-state index in [0.29, 0.717) is 25.3 Å². The number of hydrogen-bond acceptors (Lipinski definition) is 4. The van der Waals surface area contributed by atoms with Gasteiger partial charge in [-0.25, -0.2) is 0 Å². The first-order chi connectivity index (χ1) is 11.2. The molecule has 0 atom stereocenters. The molecule has 0 bridgehead atoms. The van der Waals surface area contributed by atoms with Gasteiger partial charge in [0.1, 0.15) is 0 Å². The first-order valence-corrected chi connectivity index (χ1v) is 8.52. The fraction of sp³-hybridized carbons (Fsp3) is 0.647. The fourth-order valence-corrected chi connectivity index (χ4v) is 2.68. The molecule has 1 aliphatic heterocycles. The highest BCUT2D eigenvalue weighted by Crippen LogP contribution is 2.09. The molecule has 0 aromatic carbocycles. The minimum absolute atomic E-state index is 0.0525. The van der Waals surface area contributed by atoms with Gasteiger partial charge < -0.3 is 14.6 Å². The SMILES string of the molecule is CCCCCNC(=O)CCN1CCN(C(=O)c2ccco2)CC1. The van der Waals surface area contributed by atoms with Crippen molar-refractivity contribution < 1.29 is 14.0 Å². The van der Waals surface area contributed by atoms with E-state index in [0.717, 1.165) is 45.4 Å². The van der Waals surface area contributed by atoms with Crippen molar-refractivity contribution in [1.29, 1.82) is 0 Å².